The van der Waals surface area contributed by atoms with Crippen LogP contribution in [0.1, 0.15) is 42.1 Å². The fourth-order valence-corrected chi connectivity index (χ4v) is 4.22. The fraction of sp³-hybridized carbons (Fsp3) is 0.450. The first-order chi connectivity index (χ1) is 13.6. The molecular weight excluding hydrogens is 356 g/mol. The molecule has 8 heteroatoms. The zero-order valence-electron chi connectivity index (χ0n) is 15.9. The number of rotatable bonds is 4. The summed E-state index contributed by atoms with van der Waals surface area (Å²) >= 11 is 0. The van der Waals surface area contributed by atoms with Gasteiger partial charge in [-0.1, -0.05) is 0 Å². The van der Waals surface area contributed by atoms with Crippen LogP contribution in [-0.4, -0.2) is 44.4 Å². The molecule has 146 valence electrons. The van der Waals surface area contributed by atoms with Crippen molar-refractivity contribution < 1.29 is 4.79 Å². The van der Waals surface area contributed by atoms with Gasteiger partial charge in [-0.25, -0.2) is 4.79 Å². The molecule has 2 N–H and O–H groups in total. The van der Waals surface area contributed by atoms with Crippen LogP contribution in [0.25, 0.3) is 11.0 Å². The van der Waals surface area contributed by atoms with Crippen LogP contribution in [-0.2, 0) is 7.05 Å². The first kappa shape index (κ1) is 17.1. The molecule has 1 atom stereocenters. The number of hydrogen-bond acceptors (Lipinski definition) is 4. The average Bonchev–Trinajstić information content (AvgIpc) is 3.33. The van der Waals surface area contributed by atoms with Crippen LogP contribution in [0.3, 0.4) is 0 Å². The Morgan fingerprint density at radius 1 is 1.25 bits per heavy atom. The number of nitrogens with zero attached hydrogens (tertiary/aromatic N) is 4. The van der Waals surface area contributed by atoms with Crippen molar-refractivity contribution in [3.63, 3.8) is 0 Å². The standard InChI is InChI=1S/C20H24N6O2/c1-24-18(8-9-21-24)25-10-2-3-14(12-25)22-19(27)13-4-7-17-16(11-13)23-20(28)26(17)15-5-6-15/h4,7-9,11,14-15H,2-3,5-6,10,12H2,1H3,(H,22,27)(H,23,28). The number of nitrogens with one attached hydrogen (secondary N) is 2. The third-order valence-corrected chi connectivity index (χ3v) is 5.77. The molecule has 3 aromatic rings. The van der Waals surface area contributed by atoms with Crippen molar-refractivity contribution in [2.75, 3.05) is 18.0 Å². The highest BCUT2D eigenvalue weighted by atomic mass is 16.2. The van der Waals surface area contributed by atoms with Crippen molar-refractivity contribution in [1.82, 2.24) is 24.6 Å². The van der Waals surface area contributed by atoms with Crippen LogP contribution in [0.4, 0.5) is 5.82 Å². The Kier molecular flexibility index (Phi) is 3.99. The highest BCUT2D eigenvalue weighted by Gasteiger charge is 2.28. The minimum absolute atomic E-state index is 0.0851. The topological polar surface area (TPSA) is 88.0 Å². The van der Waals surface area contributed by atoms with Crippen molar-refractivity contribution in [1.29, 1.82) is 0 Å². The summed E-state index contributed by atoms with van der Waals surface area (Å²) in [6, 6.07) is 7.86. The predicted molar refractivity (Wildman–Crippen MR) is 107 cm³/mol. The first-order valence-corrected chi connectivity index (χ1v) is 9.88. The van der Waals surface area contributed by atoms with E-state index in [0.29, 0.717) is 11.6 Å². The second kappa shape index (κ2) is 6.54. The number of hydrogen-bond donors (Lipinski definition) is 2. The minimum atomic E-state index is -0.0984. The third-order valence-electron chi connectivity index (χ3n) is 5.77. The van der Waals surface area contributed by atoms with Crippen LogP contribution in [0.2, 0.25) is 0 Å². The van der Waals surface area contributed by atoms with E-state index in [1.54, 1.807) is 12.3 Å². The SMILES string of the molecule is Cn1nccc1N1CCCC(NC(=O)c2ccc3c(c2)[nH]c(=O)n3C2CC2)C1. The van der Waals surface area contributed by atoms with Gasteiger partial charge < -0.3 is 15.2 Å². The van der Waals surface area contributed by atoms with E-state index in [1.165, 1.54) is 0 Å². The summed E-state index contributed by atoms with van der Waals surface area (Å²) in [5, 5.41) is 7.40. The molecule has 5 rings (SSSR count). The van der Waals surface area contributed by atoms with Crippen molar-refractivity contribution in [3.8, 4) is 0 Å². The Labute approximate surface area is 162 Å². The number of aromatic nitrogens is 4. The van der Waals surface area contributed by atoms with Gasteiger partial charge in [0.1, 0.15) is 5.82 Å². The molecule has 1 unspecified atom stereocenters. The van der Waals surface area contributed by atoms with Crippen LogP contribution >= 0.6 is 0 Å². The van der Waals surface area contributed by atoms with E-state index in [0.717, 1.165) is 55.6 Å². The molecule has 0 spiro atoms. The number of aryl methyl sites for hydroxylation is 1. The largest absolute Gasteiger partial charge is 0.355 e. The van der Waals surface area contributed by atoms with Gasteiger partial charge in [-0.05, 0) is 43.9 Å². The number of fused-ring (bicyclic) bond motifs is 1. The van der Waals surface area contributed by atoms with Crippen LogP contribution in [0.5, 0.6) is 0 Å². The molecule has 1 aliphatic heterocycles. The van der Waals surface area contributed by atoms with Gasteiger partial charge in [0.05, 0.1) is 17.2 Å². The molecule has 1 saturated carbocycles. The maximum absolute atomic E-state index is 12.8. The first-order valence-electron chi connectivity index (χ1n) is 9.88. The van der Waals surface area contributed by atoms with Crippen LogP contribution in [0, 0.1) is 0 Å². The molecule has 3 heterocycles. The highest BCUT2D eigenvalue weighted by Crippen LogP contribution is 2.35. The lowest BCUT2D eigenvalue weighted by atomic mass is 10.0. The second-order valence-electron chi connectivity index (χ2n) is 7.83. The Hall–Kier alpha value is -3.03. The van der Waals surface area contributed by atoms with Gasteiger partial charge in [-0.2, -0.15) is 5.10 Å². The molecule has 1 aliphatic carbocycles. The Morgan fingerprint density at radius 3 is 2.86 bits per heavy atom. The van der Waals surface area contributed by atoms with E-state index in [1.807, 2.05) is 34.5 Å². The quantitative estimate of drug-likeness (QED) is 0.722. The second-order valence-corrected chi connectivity index (χ2v) is 7.83. The van der Waals surface area contributed by atoms with Crippen molar-refractivity contribution in [2.24, 2.45) is 7.05 Å². The number of anilines is 1. The summed E-state index contributed by atoms with van der Waals surface area (Å²) < 4.78 is 3.67. The smallest absolute Gasteiger partial charge is 0.326 e. The molecule has 2 aliphatic rings. The Bertz CT molecular complexity index is 1090. The number of imidazole rings is 1. The van der Waals surface area contributed by atoms with E-state index in [9.17, 15) is 9.59 Å². The van der Waals surface area contributed by atoms with E-state index >= 15 is 0 Å². The van der Waals surface area contributed by atoms with Gasteiger partial charge in [-0.3, -0.25) is 14.0 Å². The summed E-state index contributed by atoms with van der Waals surface area (Å²) in [5.74, 6) is 0.970. The minimum Gasteiger partial charge on any atom is -0.355 e. The summed E-state index contributed by atoms with van der Waals surface area (Å²) in [6.07, 6.45) is 5.86. The molecule has 0 radical (unpaired) electrons. The number of carbonyl (C=O) groups is 1. The number of carbonyl (C=O) groups excluding carboxylic acids is 1. The van der Waals surface area contributed by atoms with Crippen molar-refractivity contribution in [2.45, 2.75) is 37.8 Å². The third kappa shape index (κ3) is 2.98. The van der Waals surface area contributed by atoms with Gasteiger partial charge in [0, 0.05) is 43.9 Å². The lowest BCUT2D eigenvalue weighted by molar-refractivity contribution is 0.0933. The normalized spacial score (nSPS) is 19.9. The zero-order chi connectivity index (χ0) is 19.3. The van der Waals surface area contributed by atoms with Gasteiger partial charge in [0.25, 0.3) is 5.91 Å². The number of aromatic amines is 1. The van der Waals surface area contributed by atoms with Crippen molar-refractivity contribution >= 4 is 22.8 Å². The lowest BCUT2D eigenvalue weighted by Gasteiger charge is -2.34. The summed E-state index contributed by atoms with van der Waals surface area (Å²) in [6.45, 7) is 1.73. The maximum Gasteiger partial charge on any atom is 0.326 e. The Balaban J connectivity index is 1.32. The molecule has 28 heavy (non-hydrogen) atoms. The van der Waals surface area contributed by atoms with Crippen LogP contribution < -0.4 is 15.9 Å². The van der Waals surface area contributed by atoms with E-state index in [2.05, 4.69) is 20.3 Å². The molecule has 2 fully saturated rings. The monoisotopic (exact) mass is 380 g/mol. The summed E-state index contributed by atoms with van der Waals surface area (Å²) in [4.78, 5) is 30.1. The molecule has 0 bridgehead atoms. The lowest BCUT2D eigenvalue weighted by Crippen LogP contribution is -2.48. The molecule has 1 saturated heterocycles. The number of benzene rings is 1. The molecule has 2 aromatic heterocycles. The summed E-state index contributed by atoms with van der Waals surface area (Å²) in [5.41, 5.74) is 2.09. The van der Waals surface area contributed by atoms with E-state index in [4.69, 9.17) is 0 Å². The molecule has 8 nitrogen and oxygen atoms in total. The van der Waals surface area contributed by atoms with Gasteiger partial charge >= 0.3 is 5.69 Å². The van der Waals surface area contributed by atoms with Crippen LogP contribution in [0.15, 0.2) is 35.3 Å². The van der Waals surface area contributed by atoms with Crippen molar-refractivity contribution in [3.05, 3.63) is 46.5 Å². The fourth-order valence-electron chi connectivity index (χ4n) is 4.22. The highest BCUT2D eigenvalue weighted by molar-refractivity contribution is 5.97. The zero-order valence-corrected chi connectivity index (χ0v) is 15.9. The Morgan fingerprint density at radius 2 is 2.11 bits per heavy atom. The summed E-state index contributed by atoms with van der Waals surface area (Å²) in [7, 11) is 1.93. The average molecular weight is 380 g/mol. The molecule has 1 aromatic carbocycles. The number of H-pyrrole nitrogens is 1. The predicted octanol–water partition coefficient (Wildman–Crippen LogP) is 1.80. The number of amides is 1. The van der Waals surface area contributed by atoms with Gasteiger partial charge in [0.15, 0.2) is 0 Å². The van der Waals surface area contributed by atoms with E-state index < -0.39 is 0 Å². The molecular formula is C20H24N6O2. The van der Waals surface area contributed by atoms with Gasteiger partial charge in [0.2, 0.25) is 0 Å². The maximum atomic E-state index is 12.8. The van der Waals surface area contributed by atoms with Gasteiger partial charge in [-0.15, -0.1) is 0 Å². The number of piperidine rings is 1. The van der Waals surface area contributed by atoms with E-state index in [-0.39, 0.29) is 17.6 Å². The molecule has 1 amide bonds.